The fourth-order valence-corrected chi connectivity index (χ4v) is 1.52. The molecule has 0 bridgehead atoms. The van der Waals surface area contributed by atoms with Crippen molar-refractivity contribution < 1.29 is 4.74 Å². The second-order valence-corrected chi connectivity index (χ2v) is 3.65. The summed E-state index contributed by atoms with van der Waals surface area (Å²) in [6.07, 6.45) is 3.69. The Balaban J connectivity index is 2.07. The summed E-state index contributed by atoms with van der Waals surface area (Å²) in [4.78, 5) is 2.77. The Kier molecular flexibility index (Phi) is 3.83. The van der Waals surface area contributed by atoms with Gasteiger partial charge in [0.2, 0.25) is 0 Å². The Bertz CT molecular complexity index is 571. The third kappa shape index (κ3) is 2.81. The fraction of sp³-hybridized carbons (Fsp3) is 0.250. The quantitative estimate of drug-likeness (QED) is 0.458. The Labute approximate surface area is 104 Å². The van der Waals surface area contributed by atoms with Gasteiger partial charge in [0.05, 0.1) is 11.9 Å². The van der Waals surface area contributed by atoms with E-state index in [2.05, 4.69) is 15.1 Å². The number of nitrogens with zero attached hydrogens (tertiary/aromatic N) is 5. The van der Waals surface area contributed by atoms with Gasteiger partial charge < -0.3 is 4.74 Å². The zero-order valence-electron chi connectivity index (χ0n) is 10.0. The van der Waals surface area contributed by atoms with Crippen LogP contribution in [-0.4, -0.2) is 9.78 Å². The first-order valence-corrected chi connectivity index (χ1v) is 5.61. The molecule has 0 aliphatic rings. The molecule has 0 radical (unpaired) electrons. The van der Waals surface area contributed by atoms with Gasteiger partial charge in [0.25, 0.3) is 0 Å². The van der Waals surface area contributed by atoms with Crippen molar-refractivity contribution in [3.63, 3.8) is 0 Å². The number of azide groups is 1. The number of hydrogen-bond donors (Lipinski definition) is 0. The van der Waals surface area contributed by atoms with Gasteiger partial charge in [-0.15, -0.1) is 0 Å². The molecule has 18 heavy (non-hydrogen) atoms. The van der Waals surface area contributed by atoms with Crippen LogP contribution in [0.15, 0.2) is 41.8 Å². The molecule has 0 aliphatic carbocycles. The second-order valence-electron chi connectivity index (χ2n) is 3.65. The molecule has 1 aromatic carbocycles. The van der Waals surface area contributed by atoms with Crippen LogP contribution in [-0.2, 0) is 13.2 Å². The van der Waals surface area contributed by atoms with Gasteiger partial charge in [-0.05, 0) is 24.6 Å². The molecule has 6 heteroatoms. The number of ether oxygens (including phenoxy) is 1. The summed E-state index contributed by atoms with van der Waals surface area (Å²) in [5, 5.41) is 7.74. The Morgan fingerprint density at radius 3 is 3.00 bits per heavy atom. The molecule has 0 saturated carbocycles. The van der Waals surface area contributed by atoms with Crippen molar-refractivity contribution in [1.29, 1.82) is 0 Å². The smallest absolute Gasteiger partial charge is 0.129 e. The standard InChI is InChI=1S/C12H13N5O/c1-2-17-8-10(7-14-17)9-18-12-6-4-3-5-11(12)15-16-13/h3-8H,2,9H2,1H3. The van der Waals surface area contributed by atoms with Gasteiger partial charge in [0.1, 0.15) is 12.4 Å². The summed E-state index contributed by atoms with van der Waals surface area (Å²) < 4.78 is 7.45. The molecule has 0 saturated heterocycles. The number of para-hydroxylation sites is 1. The average molecular weight is 243 g/mol. The zero-order valence-corrected chi connectivity index (χ0v) is 10.0. The van der Waals surface area contributed by atoms with E-state index in [1.165, 1.54) is 0 Å². The van der Waals surface area contributed by atoms with Crippen LogP contribution >= 0.6 is 0 Å². The van der Waals surface area contributed by atoms with Crippen molar-refractivity contribution in [2.75, 3.05) is 0 Å². The van der Waals surface area contributed by atoms with Crippen molar-refractivity contribution in [2.24, 2.45) is 5.11 Å². The number of hydrogen-bond acceptors (Lipinski definition) is 3. The Morgan fingerprint density at radius 2 is 2.28 bits per heavy atom. The lowest BCUT2D eigenvalue weighted by Gasteiger charge is -2.06. The molecular weight excluding hydrogens is 230 g/mol. The highest BCUT2D eigenvalue weighted by molar-refractivity contribution is 5.51. The molecule has 2 rings (SSSR count). The van der Waals surface area contributed by atoms with Crippen molar-refractivity contribution in [3.05, 3.63) is 52.7 Å². The number of rotatable bonds is 5. The molecule has 2 aromatic rings. The Morgan fingerprint density at radius 1 is 1.44 bits per heavy atom. The molecule has 0 N–H and O–H groups in total. The first-order valence-electron chi connectivity index (χ1n) is 5.61. The van der Waals surface area contributed by atoms with E-state index in [0.29, 0.717) is 18.0 Å². The molecule has 0 fully saturated rings. The van der Waals surface area contributed by atoms with Crippen LogP contribution in [0.1, 0.15) is 12.5 Å². The second kappa shape index (κ2) is 5.75. The SMILES string of the molecule is CCn1cc(COc2ccccc2N=[N+]=[N-])cn1. The molecule has 6 nitrogen and oxygen atoms in total. The van der Waals surface area contributed by atoms with Crippen molar-refractivity contribution in [2.45, 2.75) is 20.1 Å². The van der Waals surface area contributed by atoms with E-state index in [1.807, 2.05) is 23.9 Å². The van der Waals surface area contributed by atoms with Crippen molar-refractivity contribution in [3.8, 4) is 5.75 Å². The van der Waals surface area contributed by atoms with E-state index in [9.17, 15) is 0 Å². The Hall–Kier alpha value is -2.46. The van der Waals surface area contributed by atoms with Crippen LogP contribution in [0.4, 0.5) is 5.69 Å². The maximum atomic E-state index is 8.45. The van der Waals surface area contributed by atoms with E-state index >= 15 is 0 Å². The van der Waals surface area contributed by atoms with Crippen molar-refractivity contribution >= 4 is 5.69 Å². The van der Waals surface area contributed by atoms with Gasteiger partial charge in [-0.2, -0.15) is 5.10 Å². The van der Waals surface area contributed by atoms with Gasteiger partial charge in [-0.1, -0.05) is 17.2 Å². The fourth-order valence-electron chi connectivity index (χ4n) is 1.52. The molecule has 1 heterocycles. The summed E-state index contributed by atoms with van der Waals surface area (Å²) in [5.74, 6) is 0.569. The van der Waals surface area contributed by atoms with Gasteiger partial charge in [-0.25, -0.2) is 0 Å². The summed E-state index contributed by atoms with van der Waals surface area (Å²) >= 11 is 0. The lowest BCUT2D eigenvalue weighted by molar-refractivity contribution is 0.307. The molecule has 0 aliphatic heterocycles. The summed E-state index contributed by atoms with van der Waals surface area (Å²) in [5.41, 5.74) is 9.92. The first-order chi connectivity index (χ1) is 8.83. The summed E-state index contributed by atoms with van der Waals surface area (Å²) in [7, 11) is 0. The number of aryl methyl sites for hydroxylation is 1. The third-order valence-corrected chi connectivity index (χ3v) is 2.42. The highest BCUT2D eigenvalue weighted by Gasteiger charge is 2.02. The number of benzene rings is 1. The maximum Gasteiger partial charge on any atom is 0.129 e. The molecule has 0 unspecified atom stereocenters. The summed E-state index contributed by atoms with van der Waals surface area (Å²) in [6.45, 7) is 3.25. The van der Waals surface area contributed by atoms with Crippen LogP contribution in [0, 0.1) is 0 Å². The predicted octanol–water partition coefficient (Wildman–Crippen LogP) is 3.42. The normalized spacial score (nSPS) is 9.83. The van der Waals surface area contributed by atoms with Crippen LogP contribution in [0.25, 0.3) is 10.4 Å². The first kappa shape index (κ1) is 12.0. The largest absolute Gasteiger partial charge is 0.488 e. The van der Waals surface area contributed by atoms with Crippen LogP contribution in [0.3, 0.4) is 0 Å². The lowest BCUT2D eigenvalue weighted by atomic mass is 10.3. The molecular formula is C12H13N5O. The molecule has 1 aromatic heterocycles. The van der Waals surface area contributed by atoms with E-state index in [0.717, 1.165) is 12.1 Å². The monoisotopic (exact) mass is 243 g/mol. The minimum atomic E-state index is 0.401. The highest BCUT2D eigenvalue weighted by atomic mass is 16.5. The van der Waals surface area contributed by atoms with Crippen molar-refractivity contribution in [1.82, 2.24) is 9.78 Å². The highest BCUT2D eigenvalue weighted by Crippen LogP contribution is 2.27. The predicted molar refractivity (Wildman–Crippen MR) is 67.5 cm³/mol. The third-order valence-electron chi connectivity index (χ3n) is 2.42. The molecule has 0 amide bonds. The minimum absolute atomic E-state index is 0.401. The lowest BCUT2D eigenvalue weighted by Crippen LogP contribution is -1.95. The van der Waals surface area contributed by atoms with E-state index < -0.39 is 0 Å². The van der Waals surface area contributed by atoms with Gasteiger partial charge in [0.15, 0.2) is 0 Å². The molecule has 0 spiro atoms. The van der Waals surface area contributed by atoms with E-state index in [-0.39, 0.29) is 0 Å². The minimum Gasteiger partial charge on any atom is -0.488 e. The summed E-state index contributed by atoms with van der Waals surface area (Å²) in [6, 6.07) is 7.12. The van der Waals surface area contributed by atoms with Gasteiger partial charge in [-0.3, -0.25) is 4.68 Å². The van der Waals surface area contributed by atoms with Gasteiger partial charge in [0, 0.05) is 23.2 Å². The average Bonchev–Trinajstić information content (AvgIpc) is 2.86. The number of aromatic nitrogens is 2. The maximum absolute atomic E-state index is 8.45. The van der Waals surface area contributed by atoms with Crippen LogP contribution in [0.5, 0.6) is 5.75 Å². The van der Waals surface area contributed by atoms with E-state index in [4.69, 9.17) is 10.3 Å². The van der Waals surface area contributed by atoms with Gasteiger partial charge >= 0.3 is 0 Å². The molecule has 92 valence electrons. The molecule has 0 atom stereocenters. The van der Waals surface area contributed by atoms with E-state index in [1.54, 1.807) is 24.4 Å². The topological polar surface area (TPSA) is 75.8 Å². The van der Waals surface area contributed by atoms with Crippen LogP contribution in [0.2, 0.25) is 0 Å². The van der Waals surface area contributed by atoms with Crippen LogP contribution < -0.4 is 4.74 Å². The zero-order chi connectivity index (χ0) is 12.8.